The van der Waals surface area contributed by atoms with Crippen LogP contribution in [0.2, 0.25) is 5.04 Å². The second-order valence-corrected chi connectivity index (χ2v) is 17.9. The minimum atomic E-state index is -2.85. The van der Waals surface area contributed by atoms with Gasteiger partial charge in [0.25, 0.3) is 8.32 Å². The molecule has 0 spiro atoms. The van der Waals surface area contributed by atoms with Gasteiger partial charge in [-0.1, -0.05) is 142 Å². The SMILES string of the molecule is CC1(C)O[C@H]2O[C@H]([C@@H](CO[Si](c3ccccc3)(c3ccccc3)C(C)(C)C)OCc3ccccc3)[C@@H](OCc3ccccc3)[C@H]2O1. The molecule has 0 saturated carbocycles. The third-order valence-electron chi connectivity index (χ3n) is 8.87. The Balaban J connectivity index is 1.35. The van der Waals surface area contributed by atoms with E-state index in [0.29, 0.717) is 19.8 Å². The molecule has 2 fully saturated rings. The summed E-state index contributed by atoms with van der Waals surface area (Å²) in [5.74, 6) is -0.777. The summed E-state index contributed by atoms with van der Waals surface area (Å²) in [5.41, 5.74) is 2.15. The van der Waals surface area contributed by atoms with Gasteiger partial charge in [-0.25, -0.2) is 0 Å². The maximum Gasteiger partial charge on any atom is 0.261 e. The molecular formula is C39H46O6Si. The highest BCUT2D eigenvalue weighted by atomic mass is 28.4. The standard InChI is InChI=1S/C39H46O6Si/c1-38(2,3)46(31-22-14-8-15-23-31,32-24-16-9-17-25-32)42-28-33(40-26-29-18-10-6-11-19-29)34-35(41-27-30-20-12-7-13-21-30)36-37(43-34)45-39(4,5)44-36/h6-25,33-37H,26-28H2,1-5H3/t33-,34-,35-,36-,37-/m1/s1. The molecule has 46 heavy (non-hydrogen) atoms. The average molecular weight is 639 g/mol. The molecule has 7 heteroatoms. The van der Waals surface area contributed by atoms with Crippen LogP contribution in [0.15, 0.2) is 121 Å². The molecule has 0 amide bonds. The summed E-state index contributed by atoms with van der Waals surface area (Å²) in [5, 5.41) is 2.24. The van der Waals surface area contributed by atoms with Gasteiger partial charge in [0.1, 0.15) is 24.4 Å². The number of hydrogen-bond acceptors (Lipinski definition) is 6. The second-order valence-electron chi connectivity index (χ2n) is 13.6. The number of hydrogen-bond donors (Lipinski definition) is 0. The highest BCUT2D eigenvalue weighted by Crippen LogP contribution is 2.42. The van der Waals surface area contributed by atoms with Gasteiger partial charge >= 0.3 is 0 Å². The molecule has 242 valence electrons. The fourth-order valence-electron chi connectivity index (χ4n) is 6.74. The Morgan fingerprint density at radius 2 is 1.20 bits per heavy atom. The van der Waals surface area contributed by atoms with E-state index < -0.39 is 44.8 Å². The molecule has 0 radical (unpaired) electrons. The summed E-state index contributed by atoms with van der Waals surface area (Å²) in [6.45, 7) is 11.8. The Labute approximate surface area is 274 Å². The van der Waals surface area contributed by atoms with E-state index in [-0.39, 0.29) is 5.04 Å². The predicted octanol–water partition coefficient (Wildman–Crippen LogP) is 6.61. The second kappa shape index (κ2) is 13.9. The van der Waals surface area contributed by atoms with Crippen LogP contribution in [-0.2, 0) is 41.3 Å². The summed E-state index contributed by atoms with van der Waals surface area (Å²) in [7, 11) is -2.85. The van der Waals surface area contributed by atoms with E-state index in [2.05, 4.69) is 106 Å². The number of ether oxygens (including phenoxy) is 5. The van der Waals surface area contributed by atoms with Crippen LogP contribution < -0.4 is 10.4 Å². The van der Waals surface area contributed by atoms with Crippen molar-refractivity contribution in [3.05, 3.63) is 132 Å². The molecule has 2 saturated heterocycles. The zero-order chi connectivity index (χ0) is 32.2. The minimum absolute atomic E-state index is 0.188. The minimum Gasteiger partial charge on any atom is -0.405 e. The Kier molecular flexibility index (Phi) is 9.92. The maximum atomic E-state index is 7.40. The maximum absolute atomic E-state index is 7.40. The molecule has 0 aromatic heterocycles. The lowest BCUT2D eigenvalue weighted by molar-refractivity contribution is -0.236. The summed E-state index contributed by atoms with van der Waals surface area (Å²) in [6, 6.07) is 41.7. The molecule has 0 unspecified atom stereocenters. The van der Waals surface area contributed by atoms with Crippen molar-refractivity contribution in [2.24, 2.45) is 0 Å². The van der Waals surface area contributed by atoms with E-state index in [4.69, 9.17) is 28.1 Å². The van der Waals surface area contributed by atoms with Crippen LogP contribution in [0.4, 0.5) is 0 Å². The molecule has 5 atom stereocenters. The monoisotopic (exact) mass is 638 g/mol. The lowest BCUT2D eigenvalue weighted by atomic mass is 10.1. The van der Waals surface area contributed by atoms with Gasteiger partial charge in [0.15, 0.2) is 12.1 Å². The molecule has 2 aliphatic rings. The lowest BCUT2D eigenvalue weighted by Crippen LogP contribution is -2.67. The van der Waals surface area contributed by atoms with Crippen LogP contribution in [-0.4, -0.2) is 51.4 Å². The van der Waals surface area contributed by atoms with Crippen molar-refractivity contribution in [3.8, 4) is 0 Å². The molecule has 2 heterocycles. The number of fused-ring (bicyclic) bond motifs is 1. The number of rotatable bonds is 12. The van der Waals surface area contributed by atoms with Gasteiger partial charge < -0.3 is 28.1 Å². The smallest absolute Gasteiger partial charge is 0.261 e. The van der Waals surface area contributed by atoms with E-state index in [9.17, 15) is 0 Å². The van der Waals surface area contributed by atoms with Gasteiger partial charge in [-0.2, -0.15) is 0 Å². The van der Waals surface area contributed by atoms with E-state index in [1.165, 1.54) is 10.4 Å². The van der Waals surface area contributed by atoms with E-state index in [1.54, 1.807) is 0 Å². The fraction of sp³-hybridized carbons (Fsp3) is 0.385. The van der Waals surface area contributed by atoms with Crippen molar-refractivity contribution in [1.82, 2.24) is 0 Å². The van der Waals surface area contributed by atoms with Crippen molar-refractivity contribution in [1.29, 1.82) is 0 Å². The Morgan fingerprint density at radius 1 is 0.696 bits per heavy atom. The van der Waals surface area contributed by atoms with Gasteiger partial charge in [0, 0.05) is 0 Å². The normalized spacial score (nSPS) is 23.2. The molecule has 0 aliphatic carbocycles. The summed E-state index contributed by atoms with van der Waals surface area (Å²) in [4.78, 5) is 0. The van der Waals surface area contributed by atoms with Gasteiger partial charge in [-0.3, -0.25) is 0 Å². The zero-order valence-electron chi connectivity index (χ0n) is 27.5. The molecule has 6 nitrogen and oxygen atoms in total. The van der Waals surface area contributed by atoms with Crippen molar-refractivity contribution in [2.45, 2.75) is 89.4 Å². The van der Waals surface area contributed by atoms with Gasteiger partial charge in [0.05, 0.1) is 19.8 Å². The average Bonchev–Trinajstić information content (AvgIpc) is 3.54. The van der Waals surface area contributed by atoms with Crippen molar-refractivity contribution < 1.29 is 28.1 Å². The third kappa shape index (κ3) is 7.06. The number of benzene rings is 4. The summed E-state index contributed by atoms with van der Waals surface area (Å²) >= 11 is 0. The molecule has 0 bridgehead atoms. The van der Waals surface area contributed by atoms with Crippen LogP contribution in [0.3, 0.4) is 0 Å². The van der Waals surface area contributed by atoms with E-state index in [0.717, 1.165) is 11.1 Å². The highest BCUT2D eigenvalue weighted by molar-refractivity contribution is 6.99. The van der Waals surface area contributed by atoms with Crippen molar-refractivity contribution >= 4 is 18.7 Å². The first kappa shape index (κ1) is 32.8. The van der Waals surface area contributed by atoms with Crippen molar-refractivity contribution in [2.75, 3.05) is 6.61 Å². The zero-order valence-corrected chi connectivity index (χ0v) is 28.5. The molecular weight excluding hydrogens is 593 g/mol. The van der Waals surface area contributed by atoms with Crippen LogP contribution in [0.5, 0.6) is 0 Å². The van der Waals surface area contributed by atoms with Gasteiger partial charge in [-0.15, -0.1) is 0 Å². The first-order valence-corrected chi connectivity index (χ1v) is 18.1. The van der Waals surface area contributed by atoms with Gasteiger partial charge in [-0.05, 0) is 40.4 Å². The molecule has 2 aliphatic heterocycles. The van der Waals surface area contributed by atoms with E-state index in [1.807, 2.05) is 50.2 Å². The van der Waals surface area contributed by atoms with Crippen LogP contribution in [0.1, 0.15) is 45.7 Å². The Hall–Kier alpha value is -3.14. The third-order valence-corrected chi connectivity index (χ3v) is 13.9. The Morgan fingerprint density at radius 3 is 1.72 bits per heavy atom. The van der Waals surface area contributed by atoms with Crippen LogP contribution in [0.25, 0.3) is 0 Å². The van der Waals surface area contributed by atoms with Gasteiger partial charge in [0.2, 0.25) is 0 Å². The fourth-order valence-corrected chi connectivity index (χ4v) is 11.3. The Bertz CT molecular complexity index is 1470. The molecule has 4 aromatic carbocycles. The largest absolute Gasteiger partial charge is 0.405 e. The topological polar surface area (TPSA) is 55.4 Å². The first-order valence-electron chi connectivity index (χ1n) is 16.2. The van der Waals surface area contributed by atoms with E-state index >= 15 is 0 Å². The highest BCUT2D eigenvalue weighted by Gasteiger charge is 2.58. The van der Waals surface area contributed by atoms with Crippen LogP contribution >= 0.6 is 0 Å². The predicted molar refractivity (Wildman–Crippen MR) is 182 cm³/mol. The van der Waals surface area contributed by atoms with Crippen molar-refractivity contribution in [3.63, 3.8) is 0 Å². The molecule has 4 aromatic rings. The van der Waals surface area contributed by atoms with Crippen LogP contribution in [0, 0.1) is 0 Å². The summed E-state index contributed by atoms with van der Waals surface area (Å²) < 4.78 is 40.1. The first-order chi connectivity index (χ1) is 22.2. The molecule has 0 N–H and O–H groups in total. The molecule has 6 rings (SSSR count). The quantitative estimate of drug-likeness (QED) is 0.163. The summed E-state index contributed by atoms with van der Waals surface area (Å²) in [6.07, 6.45) is -2.37. The lowest BCUT2D eigenvalue weighted by Gasteiger charge is -2.44.